The minimum atomic E-state index is 0.418. The molecule has 2 atom stereocenters. The van der Waals surface area contributed by atoms with E-state index in [1.165, 1.54) is 124 Å². The molecule has 12 aromatic carbocycles. The predicted molar refractivity (Wildman–Crippen MR) is 348 cm³/mol. The van der Waals surface area contributed by atoms with E-state index < -0.39 is 0 Å². The number of aryl methyl sites for hydroxylation is 2. The average Bonchev–Trinajstić information content (AvgIpc) is 4.13. The monoisotopic (exact) mass is 1050 g/mol. The molecule has 0 aliphatic heterocycles. The van der Waals surface area contributed by atoms with Crippen LogP contribution in [0.4, 0.5) is 17.1 Å². The van der Waals surface area contributed by atoms with Crippen LogP contribution in [0.1, 0.15) is 60.8 Å². The Labute approximate surface area is 482 Å². The quantitative estimate of drug-likeness (QED) is 0.0993. The molecule has 0 saturated heterocycles. The lowest BCUT2D eigenvalue weighted by molar-refractivity contribution is 0.544. The van der Waals surface area contributed by atoms with Gasteiger partial charge in [-0.05, 0) is 199 Å². The Morgan fingerprint density at radius 3 is 1.09 bits per heavy atom. The standard InChI is InChI=1S/C80H64N2/c1-3-56(60-23-25-61(26-24-60)62-27-29-65(30-28-62)69-33-31-66-32-34-70(66)52-69)51-55(2)57-19-21-67(22-20-57)71-41-49-79-77(53-71)78-54-72(42-50-80(78)82(79)73-17-11-6-12-18-73)68-39-47-76(48-40-68)81(74-43-35-63(36-44-74)58-13-7-4-8-14-58)75-45-37-64(38-46-75)59-15-9-5-10-16-59/h4-31,33,35-50,52-56H,3,32,34,51H2,1-2H3. The minimum Gasteiger partial charge on any atom is -0.311 e. The Morgan fingerprint density at radius 1 is 0.329 bits per heavy atom. The van der Waals surface area contributed by atoms with E-state index in [4.69, 9.17) is 0 Å². The Hall–Kier alpha value is -9.76. The van der Waals surface area contributed by atoms with Crippen LogP contribution in [0.5, 0.6) is 0 Å². The smallest absolute Gasteiger partial charge is 0.0541 e. The molecule has 0 amide bonds. The number of benzene rings is 12. The molecule has 2 nitrogen and oxygen atoms in total. The van der Waals surface area contributed by atoms with Crippen LogP contribution in [-0.4, -0.2) is 4.57 Å². The Morgan fingerprint density at radius 2 is 0.671 bits per heavy atom. The number of fused-ring (bicyclic) bond motifs is 4. The largest absolute Gasteiger partial charge is 0.311 e. The van der Waals surface area contributed by atoms with Gasteiger partial charge in [0, 0.05) is 33.5 Å². The second-order valence-electron chi connectivity index (χ2n) is 22.4. The lowest BCUT2D eigenvalue weighted by atomic mass is 9.84. The van der Waals surface area contributed by atoms with Gasteiger partial charge in [0.2, 0.25) is 0 Å². The predicted octanol–water partition coefficient (Wildman–Crippen LogP) is 22.0. The highest BCUT2D eigenvalue weighted by molar-refractivity contribution is 6.11. The molecule has 82 heavy (non-hydrogen) atoms. The van der Waals surface area contributed by atoms with Crippen molar-refractivity contribution in [2.45, 2.75) is 51.4 Å². The van der Waals surface area contributed by atoms with Gasteiger partial charge in [-0.1, -0.05) is 232 Å². The third kappa shape index (κ3) is 9.92. The normalized spacial score (nSPS) is 12.7. The summed E-state index contributed by atoms with van der Waals surface area (Å²) >= 11 is 0. The molecule has 0 fully saturated rings. The average molecular weight is 1050 g/mol. The summed E-state index contributed by atoms with van der Waals surface area (Å²) in [6.07, 6.45) is 4.64. The van der Waals surface area contributed by atoms with Crippen LogP contribution in [0.3, 0.4) is 0 Å². The summed E-state index contributed by atoms with van der Waals surface area (Å²) in [5.74, 6) is 0.900. The zero-order valence-corrected chi connectivity index (χ0v) is 46.6. The van der Waals surface area contributed by atoms with Gasteiger partial charge in [-0.25, -0.2) is 0 Å². The first-order valence-electron chi connectivity index (χ1n) is 29.3. The van der Waals surface area contributed by atoms with Crippen molar-refractivity contribution in [1.29, 1.82) is 0 Å². The van der Waals surface area contributed by atoms with Crippen molar-refractivity contribution < 1.29 is 0 Å². The fourth-order valence-corrected chi connectivity index (χ4v) is 12.6. The molecule has 0 bridgehead atoms. The molecular weight excluding hydrogens is 989 g/mol. The Kier molecular flexibility index (Phi) is 13.6. The van der Waals surface area contributed by atoms with Gasteiger partial charge in [0.15, 0.2) is 0 Å². The molecule has 394 valence electrons. The van der Waals surface area contributed by atoms with E-state index in [-0.39, 0.29) is 0 Å². The first-order chi connectivity index (χ1) is 40.5. The van der Waals surface area contributed by atoms with E-state index in [0.717, 1.165) is 35.6 Å². The highest BCUT2D eigenvalue weighted by Gasteiger charge is 2.20. The number of para-hydroxylation sites is 1. The molecule has 0 saturated carbocycles. The van der Waals surface area contributed by atoms with E-state index in [9.17, 15) is 0 Å². The summed E-state index contributed by atoms with van der Waals surface area (Å²) in [6.45, 7) is 4.73. The van der Waals surface area contributed by atoms with Gasteiger partial charge in [-0.3, -0.25) is 0 Å². The van der Waals surface area contributed by atoms with Gasteiger partial charge in [0.05, 0.1) is 11.0 Å². The van der Waals surface area contributed by atoms with Gasteiger partial charge >= 0.3 is 0 Å². The fourth-order valence-electron chi connectivity index (χ4n) is 12.6. The molecule has 14 rings (SSSR count). The maximum absolute atomic E-state index is 2.42. The first kappa shape index (κ1) is 50.5. The van der Waals surface area contributed by atoms with Crippen LogP contribution in [0.2, 0.25) is 0 Å². The van der Waals surface area contributed by atoms with Crippen LogP contribution in [-0.2, 0) is 12.8 Å². The number of rotatable bonds is 15. The lowest BCUT2D eigenvalue weighted by Crippen LogP contribution is -2.09. The van der Waals surface area contributed by atoms with Crippen LogP contribution in [0.15, 0.2) is 291 Å². The second kappa shape index (κ2) is 22.1. The van der Waals surface area contributed by atoms with Crippen LogP contribution in [0, 0.1) is 0 Å². The number of hydrogen-bond donors (Lipinski definition) is 0. The second-order valence-corrected chi connectivity index (χ2v) is 22.4. The highest BCUT2D eigenvalue weighted by atomic mass is 15.1. The Balaban J connectivity index is 0.726. The molecule has 1 aromatic heterocycles. The van der Waals surface area contributed by atoms with Crippen LogP contribution in [0.25, 0.3) is 94.3 Å². The summed E-state index contributed by atoms with van der Waals surface area (Å²) in [7, 11) is 0. The minimum absolute atomic E-state index is 0.418. The van der Waals surface area contributed by atoms with Crippen molar-refractivity contribution in [1.82, 2.24) is 4.57 Å². The third-order valence-corrected chi connectivity index (χ3v) is 17.5. The van der Waals surface area contributed by atoms with Crippen molar-refractivity contribution in [2.24, 2.45) is 0 Å². The summed E-state index contributed by atoms with van der Waals surface area (Å²) in [5, 5.41) is 2.47. The van der Waals surface area contributed by atoms with Crippen molar-refractivity contribution >= 4 is 38.9 Å². The zero-order valence-electron chi connectivity index (χ0n) is 46.6. The van der Waals surface area contributed by atoms with E-state index in [2.05, 4.69) is 315 Å². The topological polar surface area (TPSA) is 8.17 Å². The summed E-state index contributed by atoms with van der Waals surface area (Å²) in [4.78, 5) is 2.36. The molecule has 0 radical (unpaired) electrons. The van der Waals surface area contributed by atoms with Gasteiger partial charge in [0.25, 0.3) is 0 Å². The first-order valence-corrected chi connectivity index (χ1v) is 29.3. The molecule has 1 heterocycles. The van der Waals surface area contributed by atoms with Gasteiger partial charge < -0.3 is 9.47 Å². The van der Waals surface area contributed by atoms with Crippen LogP contribution < -0.4 is 4.90 Å². The highest BCUT2D eigenvalue weighted by Crippen LogP contribution is 2.42. The molecule has 2 heteroatoms. The summed E-state index contributed by atoms with van der Waals surface area (Å²) in [6, 6.07) is 108. The summed E-state index contributed by atoms with van der Waals surface area (Å²) in [5.41, 5.74) is 27.4. The molecule has 1 aliphatic carbocycles. The van der Waals surface area contributed by atoms with E-state index in [1.54, 1.807) is 0 Å². The van der Waals surface area contributed by atoms with Crippen molar-refractivity contribution in [2.75, 3.05) is 4.90 Å². The van der Waals surface area contributed by atoms with E-state index in [1.807, 2.05) is 0 Å². The van der Waals surface area contributed by atoms with E-state index in [0.29, 0.717) is 11.8 Å². The van der Waals surface area contributed by atoms with Crippen molar-refractivity contribution in [3.63, 3.8) is 0 Å². The van der Waals surface area contributed by atoms with Crippen molar-refractivity contribution in [3.8, 4) is 72.4 Å². The maximum atomic E-state index is 2.42. The third-order valence-electron chi connectivity index (χ3n) is 17.5. The Bertz CT molecular complexity index is 4250. The number of hydrogen-bond acceptors (Lipinski definition) is 1. The van der Waals surface area contributed by atoms with Crippen LogP contribution >= 0.6 is 0 Å². The number of nitrogens with zero attached hydrogens (tertiary/aromatic N) is 2. The number of aromatic nitrogens is 1. The maximum Gasteiger partial charge on any atom is 0.0541 e. The molecule has 1 aliphatic rings. The van der Waals surface area contributed by atoms with Crippen molar-refractivity contribution in [3.05, 3.63) is 313 Å². The molecule has 0 N–H and O–H groups in total. The van der Waals surface area contributed by atoms with Gasteiger partial charge in [-0.2, -0.15) is 0 Å². The molecule has 2 unspecified atom stereocenters. The van der Waals surface area contributed by atoms with E-state index >= 15 is 0 Å². The van der Waals surface area contributed by atoms with Gasteiger partial charge in [0.1, 0.15) is 0 Å². The lowest BCUT2D eigenvalue weighted by Gasteiger charge is -2.26. The fraction of sp³-hybridized carbons (Fsp3) is 0.100. The number of anilines is 3. The zero-order chi connectivity index (χ0) is 54.9. The molecular formula is C80H64N2. The SMILES string of the molecule is CCC(CC(C)c1ccc(-c2ccc3c(c2)c2cc(-c4ccc(N(c5ccc(-c6ccccc6)cc5)c5ccc(-c6ccccc6)cc5)cc4)ccc2n3-c2ccccc2)cc1)c1ccc(-c2ccc(-c3ccc4c(c3)CC4)cc2)cc1. The summed E-state index contributed by atoms with van der Waals surface area (Å²) < 4.78 is 2.42. The molecule has 0 spiro atoms. The molecule has 13 aromatic rings. The van der Waals surface area contributed by atoms with Gasteiger partial charge in [-0.15, -0.1) is 0 Å².